The molecule has 2 amide bonds. The normalized spacial score (nSPS) is 14.3. The molecular formula is C25H22F3N3O4. The number of nitrogens with one attached hydrogen (secondary N) is 2. The Kier molecular flexibility index (Phi) is 6.90. The van der Waals surface area contributed by atoms with Crippen LogP contribution in [0.25, 0.3) is 0 Å². The van der Waals surface area contributed by atoms with E-state index in [4.69, 9.17) is 9.15 Å². The van der Waals surface area contributed by atoms with Crippen LogP contribution in [0.1, 0.15) is 45.8 Å². The number of furan rings is 1. The van der Waals surface area contributed by atoms with Gasteiger partial charge in [-0.15, -0.1) is 0 Å². The van der Waals surface area contributed by atoms with Crippen LogP contribution >= 0.6 is 0 Å². The Balaban J connectivity index is 1.47. The van der Waals surface area contributed by atoms with Crippen molar-refractivity contribution in [2.75, 3.05) is 11.9 Å². The molecule has 0 bridgehead atoms. The lowest BCUT2D eigenvalue weighted by Crippen LogP contribution is -2.27. The standard InChI is InChI=1S/C25H22F3N3O4/c1-15-22-19(30-31-21(32)14-34-18-9-3-2-4-10-18)11-6-12-20(22)35-23(15)24(33)29-17-8-5-7-16(13-17)25(26,27)28/h2-5,7-10,13H,6,11-12,14H2,1H3,(H,29,33)(H,31,32)/b30-19+. The summed E-state index contributed by atoms with van der Waals surface area (Å²) in [6.07, 6.45) is -2.70. The van der Waals surface area contributed by atoms with Gasteiger partial charge in [-0.1, -0.05) is 24.3 Å². The summed E-state index contributed by atoms with van der Waals surface area (Å²) in [7, 11) is 0. The molecule has 4 rings (SSSR count). The minimum atomic E-state index is -4.53. The molecule has 0 saturated heterocycles. The third-order valence-electron chi connectivity index (χ3n) is 5.41. The van der Waals surface area contributed by atoms with Crippen LogP contribution in [-0.4, -0.2) is 24.1 Å². The number of hydrogen-bond acceptors (Lipinski definition) is 5. The Morgan fingerprint density at radius 1 is 1.09 bits per heavy atom. The van der Waals surface area contributed by atoms with Crippen LogP contribution in [0.5, 0.6) is 5.75 Å². The van der Waals surface area contributed by atoms with Gasteiger partial charge in [0, 0.05) is 23.2 Å². The molecule has 10 heteroatoms. The summed E-state index contributed by atoms with van der Waals surface area (Å²) in [4.78, 5) is 25.0. The molecule has 0 unspecified atom stereocenters. The lowest BCUT2D eigenvalue weighted by Gasteiger charge is -2.13. The number of nitrogens with zero attached hydrogens (tertiary/aromatic N) is 1. The van der Waals surface area contributed by atoms with Crippen molar-refractivity contribution >= 4 is 23.2 Å². The number of benzene rings is 2. The van der Waals surface area contributed by atoms with E-state index >= 15 is 0 Å². The van der Waals surface area contributed by atoms with Crippen molar-refractivity contribution in [3.8, 4) is 5.75 Å². The molecule has 0 saturated carbocycles. The lowest BCUT2D eigenvalue weighted by molar-refractivity contribution is -0.137. The number of anilines is 1. The summed E-state index contributed by atoms with van der Waals surface area (Å²) in [5, 5.41) is 6.67. The summed E-state index contributed by atoms with van der Waals surface area (Å²) in [5.74, 6) is -0.0393. The molecule has 1 heterocycles. The number of rotatable bonds is 6. The number of aryl methyl sites for hydroxylation is 1. The number of hydrazone groups is 1. The molecule has 0 radical (unpaired) electrons. The predicted octanol–water partition coefficient (Wildman–Crippen LogP) is 5.09. The largest absolute Gasteiger partial charge is 0.484 e. The molecule has 0 atom stereocenters. The number of para-hydroxylation sites is 1. The zero-order valence-corrected chi connectivity index (χ0v) is 18.7. The van der Waals surface area contributed by atoms with Gasteiger partial charge in [0.1, 0.15) is 11.5 Å². The maximum absolute atomic E-state index is 13.0. The quantitative estimate of drug-likeness (QED) is 0.476. The maximum Gasteiger partial charge on any atom is 0.416 e. The van der Waals surface area contributed by atoms with Crippen molar-refractivity contribution in [3.05, 3.63) is 82.8 Å². The fourth-order valence-electron chi connectivity index (χ4n) is 3.79. The van der Waals surface area contributed by atoms with Crippen molar-refractivity contribution in [3.63, 3.8) is 0 Å². The molecule has 182 valence electrons. The van der Waals surface area contributed by atoms with Gasteiger partial charge in [0.15, 0.2) is 12.4 Å². The zero-order valence-electron chi connectivity index (χ0n) is 18.7. The van der Waals surface area contributed by atoms with E-state index in [1.807, 2.05) is 6.07 Å². The summed E-state index contributed by atoms with van der Waals surface area (Å²) >= 11 is 0. The van der Waals surface area contributed by atoms with E-state index < -0.39 is 23.6 Å². The van der Waals surface area contributed by atoms with Gasteiger partial charge in [0.25, 0.3) is 11.8 Å². The Bertz CT molecular complexity index is 1270. The van der Waals surface area contributed by atoms with Crippen LogP contribution in [0.3, 0.4) is 0 Å². The number of fused-ring (bicyclic) bond motifs is 1. The number of carbonyl (C=O) groups excluding carboxylic acids is 2. The Hall–Kier alpha value is -4.08. The van der Waals surface area contributed by atoms with Gasteiger partial charge in [-0.2, -0.15) is 18.3 Å². The van der Waals surface area contributed by atoms with Crippen LogP contribution in [-0.2, 0) is 17.4 Å². The van der Waals surface area contributed by atoms with Gasteiger partial charge in [-0.3, -0.25) is 9.59 Å². The molecule has 0 spiro atoms. The SMILES string of the molecule is Cc1c(C(=O)Nc2cccc(C(F)(F)F)c2)oc2c1/C(=N/NC(=O)COc1ccccc1)CCC2. The Labute approximate surface area is 199 Å². The number of hydrogen-bond donors (Lipinski definition) is 2. The second-order valence-corrected chi connectivity index (χ2v) is 7.94. The summed E-state index contributed by atoms with van der Waals surface area (Å²) in [6, 6.07) is 13.2. The highest BCUT2D eigenvalue weighted by molar-refractivity contribution is 6.09. The highest BCUT2D eigenvalue weighted by Gasteiger charge is 2.31. The van der Waals surface area contributed by atoms with Crippen LogP contribution in [0.4, 0.5) is 18.9 Å². The van der Waals surface area contributed by atoms with Gasteiger partial charge >= 0.3 is 6.18 Å². The van der Waals surface area contributed by atoms with E-state index in [1.165, 1.54) is 12.1 Å². The predicted molar refractivity (Wildman–Crippen MR) is 122 cm³/mol. The van der Waals surface area contributed by atoms with Crippen molar-refractivity contribution in [1.29, 1.82) is 0 Å². The highest BCUT2D eigenvalue weighted by atomic mass is 19.4. The number of alkyl halides is 3. The van der Waals surface area contributed by atoms with Gasteiger partial charge in [-0.25, -0.2) is 5.43 Å². The smallest absolute Gasteiger partial charge is 0.416 e. The third kappa shape index (κ3) is 5.71. The van der Waals surface area contributed by atoms with Crippen molar-refractivity contribution in [2.24, 2.45) is 5.10 Å². The molecule has 2 N–H and O–H groups in total. The van der Waals surface area contributed by atoms with Crippen LogP contribution in [0.2, 0.25) is 0 Å². The second kappa shape index (κ2) is 10.0. The van der Waals surface area contributed by atoms with E-state index in [9.17, 15) is 22.8 Å². The van der Waals surface area contributed by atoms with Crippen LogP contribution < -0.4 is 15.5 Å². The second-order valence-electron chi connectivity index (χ2n) is 7.94. The molecule has 2 aromatic carbocycles. The molecule has 1 aromatic heterocycles. The zero-order chi connectivity index (χ0) is 25.0. The Morgan fingerprint density at radius 2 is 1.86 bits per heavy atom. The summed E-state index contributed by atoms with van der Waals surface area (Å²) < 4.78 is 50.1. The van der Waals surface area contributed by atoms with Crippen molar-refractivity contribution in [1.82, 2.24) is 5.43 Å². The van der Waals surface area contributed by atoms with Crippen LogP contribution in [0.15, 0.2) is 64.1 Å². The number of ether oxygens (including phenoxy) is 1. The monoisotopic (exact) mass is 485 g/mol. The first-order valence-corrected chi connectivity index (χ1v) is 10.9. The molecule has 35 heavy (non-hydrogen) atoms. The lowest BCUT2D eigenvalue weighted by atomic mass is 9.93. The molecule has 7 nitrogen and oxygen atoms in total. The van der Waals surface area contributed by atoms with E-state index in [2.05, 4.69) is 15.8 Å². The first kappa shape index (κ1) is 24.1. The maximum atomic E-state index is 13.0. The summed E-state index contributed by atoms with van der Waals surface area (Å²) in [5.41, 5.74) is 3.27. The van der Waals surface area contributed by atoms with Crippen LogP contribution in [0, 0.1) is 6.92 Å². The van der Waals surface area contributed by atoms with E-state index in [1.54, 1.807) is 31.2 Å². The van der Waals surface area contributed by atoms with Gasteiger partial charge in [0.05, 0.1) is 11.3 Å². The minimum absolute atomic E-state index is 0.00170. The molecule has 0 aliphatic heterocycles. The Morgan fingerprint density at radius 3 is 2.60 bits per heavy atom. The number of carbonyl (C=O) groups is 2. The van der Waals surface area contributed by atoms with E-state index in [0.717, 1.165) is 12.1 Å². The first-order valence-electron chi connectivity index (χ1n) is 10.9. The number of amides is 2. The number of halogens is 3. The minimum Gasteiger partial charge on any atom is -0.484 e. The first-order chi connectivity index (χ1) is 16.7. The van der Waals surface area contributed by atoms with Crippen molar-refractivity contribution < 1.29 is 31.9 Å². The van der Waals surface area contributed by atoms with Gasteiger partial charge < -0.3 is 14.5 Å². The third-order valence-corrected chi connectivity index (χ3v) is 5.41. The average Bonchev–Trinajstić information content (AvgIpc) is 3.19. The fraction of sp³-hybridized carbons (Fsp3) is 0.240. The van der Waals surface area contributed by atoms with Gasteiger partial charge in [-0.05, 0) is 50.1 Å². The molecule has 0 fully saturated rings. The summed E-state index contributed by atoms with van der Waals surface area (Å²) in [6.45, 7) is 1.45. The highest BCUT2D eigenvalue weighted by Crippen LogP contribution is 2.32. The molecule has 1 aliphatic carbocycles. The van der Waals surface area contributed by atoms with E-state index in [-0.39, 0.29) is 18.1 Å². The van der Waals surface area contributed by atoms with E-state index in [0.29, 0.717) is 47.6 Å². The molecule has 1 aliphatic rings. The van der Waals surface area contributed by atoms with Crippen molar-refractivity contribution in [2.45, 2.75) is 32.4 Å². The average molecular weight is 485 g/mol. The fourth-order valence-corrected chi connectivity index (χ4v) is 3.79. The molecule has 3 aromatic rings. The van der Waals surface area contributed by atoms with Gasteiger partial charge in [0.2, 0.25) is 0 Å². The topological polar surface area (TPSA) is 92.9 Å². The molecular weight excluding hydrogens is 463 g/mol.